The van der Waals surface area contributed by atoms with Crippen LogP contribution >= 0.6 is 0 Å². The quantitative estimate of drug-likeness (QED) is 0.854. The molecule has 0 aliphatic heterocycles. The fourth-order valence-electron chi connectivity index (χ4n) is 2.41. The topological polar surface area (TPSA) is 47.6 Å². The van der Waals surface area contributed by atoms with Gasteiger partial charge in [-0.2, -0.15) is 0 Å². The van der Waals surface area contributed by atoms with Crippen LogP contribution < -0.4 is 14.8 Å². The summed E-state index contributed by atoms with van der Waals surface area (Å²) in [6.07, 6.45) is -0.587. The molecular formula is C20H25NO3. The van der Waals surface area contributed by atoms with Crippen molar-refractivity contribution in [3.8, 4) is 11.5 Å². The van der Waals surface area contributed by atoms with Crippen LogP contribution in [-0.2, 0) is 4.79 Å². The van der Waals surface area contributed by atoms with Crippen LogP contribution in [0.1, 0.15) is 30.5 Å². The van der Waals surface area contributed by atoms with Crippen molar-refractivity contribution in [1.82, 2.24) is 0 Å². The Labute approximate surface area is 143 Å². The highest BCUT2D eigenvalue weighted by Crippen LogP contribution is 2.24. The first-order valence-electron chi connectivity index (χ1n) is 8.19. The number of amides is 1. The summed E-state index contributed by atoms with van der Waals surface area (Å²) >= 11 is 0. The van der Waals surface area contributed by atoms with Gasteiger partial charge in [0.05, 0.1) is 6.61 Å². The highest BCUT2D eigenvalue weighted by atomic mass is 16.5. The number of hydrogen-bond donors (Lipinski definition) is 1. The van der Waals surface area contributed by atoms with E-state index in [1.807, 2.05) is 58.0 Å². The predicted molar refractivity (Wildman–Crippen MR) is 97.0 cm³/mol. The van der Waals surface area contributed by atoms with E-state index in [0.29, 0.717) is 6.61 Å². The van der Waals surface area contributed by atoms with Gasteiger partial charge in [0.15, 0.2) is 6.10 Å². The summed E-state index contributed by atoms with van der Waals surface area (Å²) in [6.45, 7) is 10.4. The molecule has 0 fully saturated rings. The molecule has 0 aliphatic rings. The maximum atomic E-state index is 12.3. The average molecular weight is 327 g/mol. The lowest BCUT2D eigenvalue weighted by atomic mass is 10.1. The van der Waals surface area contributed by atoms with Gasteiger partial charge in [-0.15, -0.1) is 0 Å². The molecule has 1 amide bonds. The van der Waals surface area contributed by atoms with Crippen LogP contribution in [0.25, 0.3) is 0 Å². The molecule has 24 heavy (non-hydrogen) atoms. The van der Waals surface area contributed by atoms with Gasteiger partial charge >= 0.3 is 0 Å². The third kappa shape index (κ3) is 4.51. The smallest absolute Gasteiger partial charge is 0.265 e. The molecule has 0 aliphatic carbocycles. The molecule has 0 radical (unpaired) electrons. The number of nitrogens with one attached hydrogen (secondary N) is 1. The number of anilines is 1. The number of carbonyl (C=O) groups is 1. The minimum Gasteiger partial charge on any atom is -0.494 e. The lowest BCUT2D eigenvalue weighted by Gasteiger charge is -2.18. The van der Waals surface area contributed by atoms with Gasteiger partial charge in [0.1, 0.15) is 11.5 Å². The summed E-state index contributed by atoms with van der Waals surface area (Å²) in [5.41, 5.74) is 4.05. The van der Waals surface area contributed by atoms with Gasteiger partial charge < -0.3 is 14.8 Å². The van der Waals surface area contributed by atoms with Crippen molar-refractivity contribution >= 4 is 11.6 Å². The van der Waals surface area contributed by atoms with Crippen LogP contribution in [0.5, 0.6) is 11.5 Å². The summed E-state index contributed by atoms with van der Waals surface area (Å²) in [4.78, 5) is 12.3. The molecule has 2 rings (SSSR count). The van der Waals surface area contributed by atoms with Crippen molar-refractivity contribution in [2.45, 2.75) is 40.7 Å². The maximum absolute atomic E-state index is 12.3. The molecule has 0 spiro atoms. The zero-order valence-corrected chi connectivity index (χ0v) is 15.0. The number of rotatable bonds is 6. The highest BCUT2D eigenvalue weighted by molar-refractivity contribution is 5.94. The van der Waals surface area contributed by atoms with E-state index < -0.39 is 6.10 Å². The molecule has 4 nitrogen and oxygen atoms in total. The monoisotopic (exact) mass is 327 g/mol. The van der Waals surface area contributed by atoms with Crippen molar-refractivity contribution in [3.63, 3.8) is 0 Å². The lowest BCUT2D eigenvalue weighted by molar-refractivity contribution is -0.122. The molecule has 0 unspecified atom stereocenters. The SMILES string of the molecule is CCOc1ccc(NC(=O)[C@@H](C)Oc2cc(C)cc(C)c2C)cc1. The molecule has 1 N–H and O–H groups in total. The molecule has 0 saturated carbocycles. The molecule has 0 aromatic heterocycles. The summed E-state index contributed by atoms with van der Waals surface area (Å²) in [5.74, 6) is 1.35. The van der Waals surface area contributed by atoms with Gasteiger partial charge in [-0.25, -0.2) is 0 Å². The lowest BCUT2D eigenvalue weighted by Crippen LogP contribution is -2.30. The fourth-order valence-corrected chi connectivity index (χ4v) is 2.41. The summed E-state index contributed by atoms with van der Waals surface area (Å²) in [6, 6.07) is 11.4. The van der Waals surface area contributed by atoms with E-state index in [-0.39, 0.29) is 5.91 Å². The summed E-state index contributed by atoms with van der Waals surface area (Å²) < 4.78 is 11.3. The Morgan fingerprint density at radius 2 is 1.79 bits per heavy atom. The first kappa shape index (κ1) is 17.9. The minimum absolute atomic E-state index is 0.183. The van der Waals surface area contributed by atoms with Crippen molar-refractivity contribution in [1.29, 1.82) is 0 Å². The third-order valence-electron chi connectivity index (χ3n) is 3.87. The maximum Gasteiger partial charge on any atom is 0.265 e. The molecule has 1 atom stereocenters. The number of aryl methyl sites for hydroxylation is 2. The van der Waals surface area contributed by atoms with Crippen LogP contribution in [0.4, 0.5) is 5.69 Å². The van der Waals surface area contributed by atoms with Gasteiger partial charge in [-0.3, -0.25) is 4.79 Å². The Morgan fingerprint density at radius 3 is 2.42 bits per heavy atom. The Kier molecular flexibility index (Phi) is 5.85. The van der Waals surface area contributed by atoms with E-state index in [9.17, 15) is 4.79 Å². The second kappa shape index (κ2) is 7.86. The van der Waals surface area contributed by atoms with Crippen LogP contribution in [0, 0.1) is 20.8 Å². The number of ether oxygens (including phenoxy) is 2. The van der Waals surface area contributed by atoms with E-state index in [4.69, 9.17) is 9.47 Å². The predicted octanol–water partition coefficient (Wildman–Crippen LogP) is 4.42. The highest BCUT2D eigenvalue weighted by Gasteiger charge is 2.16. The number of benzene rings is 2. The van der Waals surface area contributed by atoms with Crippen LogP contribution in [0.3, 0.4) is 0 Å². The van der Waals surface area contributed by atoms with E-state index >= 15 is 0 Å². The van der Waals surface area contributed by atoms with Crippen molar-refractivity contribution in [2.24, 2.45) is 0 Å². The molecule has 0 heterocycles. The largest absolute Gasteiger partial charge is 0.494 e. The molecule has 2 aromatic carbocycles. The van der Waals surface area contributed by atoms with E-state index in [0.717, 1.165) is 33.9 Å². The van der Waals surface area contributed by atoms with Gasteiger partial charge in [0.2, 0.25) is 0 Å². The second-order valence-electron chi connectivity index (χ2n) is 5.91. The Balaban J connectivity index is 2.02. The van der Waals surface area contributed by atoms with Crippen LogP contribution in [0.2, 0.25) is 0 Å². The number of carbonyl (C=O) groups excluding carboxylic acids is 1. The van der Waals surface area contributed by atoms with E-state index in [1.165, 1.54) is 0 Å². The minimum atomic E-state index is -0.587. The molecule has 4 heteroatoms. The Bertz CT molecular complexity index is 708. The summed E-state index contributed by atoms with van der Waals surface area (Å²) in [7, 11) is 0. The molecular weight excluding hydrogens is 302 g/mol. The van der Waals surface area contributed by atoms with Gasteiger partial charge in [0, 0.05) is 5.69 Å². The second-order valence-corrected chi connectivity index (χ2v) is 5.91. The molecule has 0 saturated heterocycles. The van der Waals surface area contributed by atoms with Crippen molar-refractivity contribution < 1.29 is 14.3 Å². The molecule has 0 bridgehead atoms. The van der Waals surface area contributed by atoms with Crippen LogP contribution in [-0.4, -0.2) is 18.6 Å². The Morgan fingerprint density at radius 1 is 1.12 bits per heavy atom. The van der Waals surface area contributed by atoms with Gasteiger partial charge in [-0.05, 0) is 81.6 Å². The summed E-state index contributed by atoms with van der Waals surface area (Å²) in [5, 5.41) is 2.86. The first-order valence-corrected chi connectivity index (χ1v) is 8.19. The number of hydrogen-bond acceptors (Lipinski definition) is 3. The van der Waals surface area contributed by atoms with Gasteiger partial charge in [0.25, 0.3) is 5.91 Å². The van der Waals surface area contributed by atoms with E-state index in [1.54, 1.807) is 6.92 Å². The Hall–Kier alpha value is -2.49. The normalized spacial score (nSPS) is 11.7. The third-order valence-corrected chi connectivity index (χ3v) is 3.87. The first-order chi connectivity index (χ1) is 11.4. The average Bonchev–Trinajstić information content (AvgIpc) is 2.54. The van der Waals surface area contributed by atoms with E-state index in [2.05, 4.69) is 11.4 Å². The zero-order valence-electron chi connectivity index (χ0n) is 15.0. The zero-order chi connectivity index (χ0) is 17.7. The van der Waals surface area contributed by atoms with Gasteiger partial charge in [-0.1, -0.05) is 6.07 Å². The van der Waals surface area contributed by atoms with Crippen molar-refractivity contribution in [2.75, 3.05) is 11.9 Å². The molecule has 2 aromatic rings. The van der Waals surface area contributed by atoms with Crippen LogP contribution in [0.15, 0.2) is 36.4 Å². The fraction of sp³-hybridized carbons (Fsp3) is 0.350. The van der Waals surface area contributed by atoms with Crippen molar-refractivity contribution in [3.05, 3.63) is 53.1 Å². The standard InChI is InChI=1S/C20H25NO3/c1-6-23-18-9-7-17(8-10-18)21-20(22)16(5)24-19-12-13(2)11-14(3)15(19)4/h7-12,16H,6H2,1-5H3,(H,21,22)/t16-/m1/s1. The molecule has 128 valence electrons.